The standard InChI is InChI=1S/C22H22O12/c1-31-21-14(33-22-20(30)19(29)17(27)15(7-23)34-22)6-13-16(18(21)28)11(26)5-12(32-13)8-2-3-9(24)10(25)4-8/h2-6,15,17,19-20,22-25,27-30H,7H2,1H3/t15?,17-,19?,20+,22-/m1/s1. The molecule has 12 heteroatoms. The number of methoxy groups -OCH3 is 1. The molecule has 1 aromatic heterocycles. The molecule has 34 heavy (non-hydrogen) atoms. The van der Waals surface area contributed by atoms with Gasteiger partial charge in [-0.25, -0.2) is 0 Å². The first-order chi connectivity index (χ1) is 16.2. The van der Waals surface area contributed by atoms with Gasteiger partial charge in [0.05, 0.1) is 13.7 Å². The smallest absolute Gasteiger partial charge is 0.229 e. The Morgan fingerprint density at radius 2 is 1.71 bits per heavy atom. The molecule has 1 aliphatic heterocycles. The summed E-state index contributed by atoms with van der Waals surface area (Å²) >= 11 is 0. The predicted octanol–water partition coefficient (Wildman–Crippen LogP) is -0.236. The van der Waals surface area contributed by atoms with Crippen molar-refractivity contribution < 1.29 is 54.4 Å². The maximum atomic E-state index is 12.7. The molecule has 12 nitrogen and oxygen atoms in total. The van der Waals surface area contributed by atoms with E-state index in [4.69, 9.17) is 18.6 Å². The summed E-state index contributed by atoms with van der Waals surface area (Å²) in [7, 11) is 1.19. The molecule has 2 unspecified atom stereocenters. The Hall–Kier alpha value is -3.55. The van der Waals surface area contributed by atoms with Crippen molar-refractivity contribution in [1.82, 2.24) is 0 Å². The Bertz CT molecular complexity index is 1270. The van der Waals surface area contributed by atoms with Crippen LogP contribution in [0, 0.1) is 0 Å². The van der Waals surface area contributed by atoms with Crippen molar-refractivity contribution in [3.05, 3.63) is 40.6 Å². The number of ether oxygens (including phenoxy) is 3. The lowest BCUT2D eigenvalue weighted by Crippen LogP contribution is -2.60. The molecule has 2 aromatic carbocycles. The van der Waals surface area contributed by atoms with E-state index in [1.54, 1.807) is 0 Å². The molecule has 0 saturated carbocycles. The summed E-state index contributed by atoms with van der Waals surface area (Å²) in [5.74, 6) is -1.99. The van der Waals surface area contributed by atoms with Crippen molar-refractivity contribution in [3.63, 3.8) is 0 Å². The molecule has 7 N–H and O–H groups in total. The Balaban J connectivity index is 1.80. The Labute approximate surface area is 191 Å². The number of fused-ring (bicyclic) bond motifs is 1. The van der Waals surface area contributed by atoms with Crippen molar-refractivity contribution >= 4 is 11.0 Å². The van der Waals surface area contributed by atoms with Crippen LogP contribution in [0.2, 0.25) is 0 Å². The highest BCUT2D eigenvalue weighted by Gasteiger charge is 2.45. The maximum absolute atomic E-state index is 12.7. The zero-order valence-electron chi connectivity index (χ0n) is 17.7. The lowest BCUT2D eigenvalue weighted by Gasteiger charge is -2.39. The molecule has 182 valence electrons. The Kier molecular flexibility index (Phi) is 6.25. The molecule has 0 amide bonds. The number of hydrogen-bond donors (Lipinski definition) is 7. The fraction of sp³-hybridized carbons (Fsp3) is 0.318. The van der Waals surface area contributed by atoms with Gasteiger partial charge in [-0.05, 0) is 18.2 Å². The molecule has 2 heterocycles. The first-order valence-corrected chi connectivity index (χ1v) is 10.0. The first kappa shape index (κ1) is 23.6. The molecular formula is C22H22O12. The van der Waals surface area contributed by atoms with E-state index >= 15 is 0 Å². The third-order valence-corrected chi connectivity index (χ3v) is 5.47. The van der Waals surface area contributed by atoms with Crippen LogP contribution in [0.1, 0.15) is 0 Å². The molecule has 1 saturated heterocycles. The minimum Gasteiger partial charge on any atom is -0.504 e. The second-order valence-corrected chi connectivity index (χ2v) is 7.62. The van der Waals surface area contributed by atoms with E-state index in [1.165, 1.54) is 31.4 Å². The first-order valence-electron chi connectivity index (χ1n) is 10.0. The summed E-state index contributed by atoms with van der Waals surface area (Å²) in [6.45, 7) is -0.678. The fourth-order valence-electron chi connectivity index (χ4n) is 3.66. The second-order valence-electron chi connectivity index (χ2n) is 7.62. The summed E-state index contributed by atoms with van der Waals surface area (Å²) in [5, 5.41) is 69.2. The molecular weight excluding hydrogens is 456 g/mol. The van der Waals surface area contributed by atoms with Gasteiger partial charge in [0, 0.05) is 17.7 Å². The van der Waals surface area contributed by atoms with Crippen molar-refractivity contribution in [2.75, 3.05) is 13.7 Å². The molecule has 1 fully saturated rings. The van der Waals surface area contributed by atoms with Crippen LogP contribution in [0.3, 0.4) is 0 Å². The third kappa shape index (κ3) is 3.97. The van der Waals surface area contributed by atoms with Crippen LogP contribution in [-0.4, -0.2) is 80.2 Å². The maximum Gasteiger partial charge on any atom is 0.229 e. The average molecular weight is 478 g/mol. The molecule has 0 bridgehead atoms. The number of aliphatic hydroxyl groups excluding tert-OH is 4. The number of aliphatic hydroxyl groups is 4. The summed E-state index contributed by atoms with van der Waals surface area (Å²) in [5.41, 5.74) is -0.562. The van der Waals surface area contributed by atoms with E-state index in [0.29, 0.717) is 0 Å². The van der Waals surface area contributed by atoms with Crippen molar-refractivity contribution in [2.24, 2.45) is 0 Å². The summed E-state index contributed by atoms with van der Waals surface area (Å²) in [6, 6.07) is 6.03. The predicted molar refractivity (Wildman–Crippen MR) is 114 cm³/mol. The summed E-state index contributed by atoms with van der Waals surface area (Å²) in [4.78, 5) is 12.7. The van der Waals surface area contributed by atoms with Crippen LogP contribution in [0.15, 0.2) is 39.5 Å². The Morgan fingerprint density at radius 3 is 2.35 bits per heavy atom. The number of hydrogen-bond acceptors (Lipinski definition) is 12. The highest BCUT2D eigenvalue weighted by molar-refractivity contribution is 5.89. The summed E-state index contributed by atoms with van der Waals surface area (Å²) in [6.07, 6.45) is -7.88. The van der Waals surface area contributed by atoms with Gasteiger partial charge < -0.3 is 54.4 Å². The van der Waals surface area contributed by atoms with E-state index in [1.807, 2.05) is 0 Å². The van der Waals surface area contributed by atoms with E-state index < -0.39 is 54.2 Å². The fourth-order valence-corrected chi connectivity index (χ4v) is 3.66. The largest absolute Gasteiger partial charge is 0.504 e. The quantitative estimate of drug-likeness (QED) is 0.238. The van der Waals surface area contributed by atoms with Crippen LogP contribution in [0.5, 0.6) is 28.7 Å². The lowest BCUT2D eigenvalue weighted by molar-refractivity contribution is -0.277. The number of phenolic OH excluding ortho intramolecular Hbond substituents is 3. The van der Waals surface area contributed by atoms with Gasteiger partial charge in [-0.3, -0.25) is 4.79 Å². The van der Waals surface area contributed by atoms with Crippen molar-refractivity contribution in [1.29, 1.82) is 0 Å². The van der Waals surface area contributed by atoms with Crippen molar-refractivity contribution in [3.8, 4) is 40.1 Å². The minimum atomic E-state index is -1.74. The van der Waals surface area contributed by atoms with Gasteiger partial charge >= 0.3 is 0 Å². The zero-order chi connectivity index (χ0) is 24.7. The van der Waals surface area contributed by atoms with E-state index in [2.05, 4.69) is 0 Å². The van der Waals surface area contributed by atoms with Crippen LogP contribution in [-0.2, 0) is 4.74 Å². The number of rotatable bonds is 5. The topological polar surface area (TPSA) is 200 Å². The second kappa shape index (κ2) is 9.00. The van der Waals surface area contributed by atoms with Gasteiger partial charge in [0.15, 0.2) is 28.4 Å². The van der Waals surface area contributed by atoms with Gasteiger partial charge in [0.2, 0.25) is 12.0 Å². The highest BCUT2D eigenvalue weighted by atomic mass is 16.7. The number of benzene rings is 2. The molecule has 1 aliphatic rings. The van der Waals surface area contributed by atoms with E-state index in [-0.39, 0.29) is 39.5 Å². The van der Waals surface area contributed by atoms with Crippen LogP contribution in [0.25, 0.3) is 22.3 Å². The van der Waals surface area contributed by atoms with Crippen LogP contribution in [0.4, 0.5) is 0 Å². The van der Waals surface area contributed by atoms with Crippen molar-refractivity contribution in [2.45, 2.75) is 30.7 Å². The van der Waals surface area contributed by atoms with Gasteiger partial charge in [-0.1, -0.05) is 0 Å². The molecule has 0 spiro atoms. The SMILES string of the molecule is COc1c(O[C@@H]2OC(CO)[C@@H](O)C(O)[C@@H]2O)cc2oc(-c3ccc(O)c(O)c3)cc(=O)c2c1O. The Morgan fingerprint density at radius 1 is 0.971 bits per heavy atom. The van der Waals surface area contributed by atoms with Gasteiger partial charge in [0.1, 0.15) is 41.1 Å². The lowest BCUT2D eigenvalue weighted by atomic mass is 9.99. The number of aromatic hydroxyl groups is 3. The minimum absolute atomic E-state index is 0.00356. The average Bonchev–Trinajstić information content (AvgIpc) is 2.80. The monoisotopic (exact) mass is 478 g/mol. The molecule has 0 aliphatic carbocycles. The normalized spacial score (nSPS) is 24.8. The van der Waals surface area contributed by atoms with E-state index in [9.17, 15) is 40.5 Å². The molecule has 3 aromatic rings. The number of phenols is 3. The molecule has 0 radical (unpaired) electrons. The zero-order valence-corrected chi connectivity index (χ0v) is 17.7. The summed E-state index contributed by atoms with van der Waals surface area (Å²) < 4.78 is 21.8. The van der Waals surface area contributed by atoms with Crippen LogP contribution < -0.4 is 14.9 Å². The molecule has 4 rings (SSSR count). The van der Waals surface area contributed by atoms with E-state index in [0.717, 1.165) is 6.07 Å². The van der Waals surface area contributed by atoms with Gasteiger partial charge in [0.25, 0.3) is 0 Å². The van der Waals surface area contributed by atoms with Gasteiger partial charge in [-0.2, -0.15) is 0 Å². The molecule has 5 atom stereocenters. The third-order valence-electron chi connectivity index (χ3n) is 5.47. The van der Waals surface area contributed by atoms with Crippen LogP contribution >= 0.6 is 0 Å². The highest BCUT2D eigenvalue weighted by Crippen LogP contribution is 2.43. The van der Waals surface area contributed by atoms with Gasteiger partial charge in [-0.15, -0.1) is 0 Å².